The molecular formula is C20H21N3O3. The summed E-state index contributed by atoms with van der Waals surface area (Å²) in [5.41, 5.74) is 3.30. The van der Waals surface area contributed by atoms with Crippen molar-refractivity contribution in [1.29, 1.82) is 0 Å². The molecule has 0 aliphatic heterocycles. The number of amides is 1. The van der Waals surface area contributed by atoms with Crippen LogP contribution in [0.1, 0.15) is 15.9 Å². The number of nitrogens with one attached hydrogen (secondary N) is 3. The van der Waals surface area contributed by atoms with E-state index in [1.54, 1.807) is 24.3 Å². The van der Waals surface area contributed by atoms with Gasteiger partial charge in [0.2, 0.25) is 5.91 Å². The lowest BCUT2D eigenvalue weighted by Crippen LogP contribution is -2.29. The van der Waals surface area contributed by atoms with E-state index in [1.165, 1.54) is 18.1 Å². The Morgan fingerprint density at radius 2 is 1.96 bits per heavy atom. The first-order valence-electron chi connectivity index (χ1n) is 8.41. The number of anilines is 1. The minimum absolute atomic E-state index is 0.161. The Morgan fingerprint density at radius 3 is 2.81 bits per heavy atom. The van der Waals surface area contributed by atoms with Crippen molar-refractivity contribution in [3.05, 3.63) is 65.9 Å². The van der Waals surface area contributed by atoms with Crippen LogP contribution < -0.4 is 10.6 Å². The Balaban J connectivity index is 1.46. The molecule has 0 fully saturated rings. The third kappa shape index (κ3) is 4.29. The topological polar surface area (TPSA) is 83.2 Å². The fourth-order valence-electron chi connectivity index (χ4n) is 2.81. The lowest BCUT2D eigenvalue weighted by Gasteiger charge is -2.08. The largest absolute Gasteiger partial charge is 0.465 e. The first-order valence-corrected chi connectivity index (χ1v) is 8.41. The minimum atomic E-state index is -0.432. The molecule has 0 atom stereocenters. The van der Waals surface area contributed by atoms with E-state index in [4.69, 9.17) is 0 Å². The summed E-state index contributed by atoms with van der Waals surface area (Å²) in [7, 11) is 1.32. The molecule has 0 radical (unpaired) electrons. The molecule has 26 heavy (non-hydrogen) atoms. The van der Waals surface area contributed by atoms with Gasteiger partial charge in [0.05, 0.1) is 19.2 Å². The average molecular weight is 351 g/mol. The molecule has 6 nitrogen and oxygen atoms in total. The van der Waals surface area contributed by atoms with E-state index >= 15 is 0 Å². The summed E-state index contributed by atoms with van der Waals surface area (Å²) in [6.45, 7) is 0.891. The zero-order valence-electron chi connectivity index (χ0n) is 14.5. The van der Waals surface area contributed by atoms with Gasteiger partial charge in [-0.15, -0.1) is 0 Å². The molecule has 0 saturated heterocycles. The van der Waals surface area contributed by atoms with Gasteiger partial charge in [0.1, 0.15) is 0 Å². The van der Waals surface area contributed by atoms with E-state index in [1.807, 2.05) is 24.4 Å². The third-order valence-electron chi connectivity index (χ3n) is 4.10. The van der Waals surface area contributed by atoms with Crippen LogP contribution >= 0.6 is 0 Å². The van der Waals surface area contributed by atoms with Crippen LogP contribution in [0.5, 0.6) is 0 Å². The van der Waals surface area contributed by atoms with Gasteiger partial charge < -0.3 is 20.4 Å². The molecule has 1 amide bonds. The van der Waals surface area contributed by atoms with E-state index in [2.05, 4.69) is 26.4 Å². The van der Waals surface area contributed by atoms with Crippen LogP contribution in [-0.4, -0.2) is 37.1 Å². The molecular weight excluding hydrogens is 330 g/mol. The lowest BCUT2D eigenvalue weighted by atomic mass is 10.1. The molecule has 0 spiro atoms. The van der Waals surface area contributed by atoms with Crippen LogP contribution in [0.2, 0.25) is 0 Å². The van der Waals surface area contributed by atoms with Gasteiger partial charge in [0.15, 0.2) is 0 Å². The maximum absolute atomic E-state index is 12.0. The number of methoxy groups -OCH3 is 1. The first-order chi connectivity index (χ1) is 12.7. The fourth-order valence-corrected chi connectivity index (χ4v) is 2.81. The Bertz CT molecular complexity index is 917. The molecule has 0 bridgehead atoms. The van der Waals surface area contributed by atoms with Crippen molar-refractivity contribution < 1.29 is 14.3 Å². The van der Waals surface area contributed by atoms with Gasteiger partial charge in [-0.3, -0.25) is 4.79 Å². The number of fused-ring (bicyclic) bond motifs is 1. The Hall–Kier alpha value is -3.12. The molecule has 0 aliphatic rings. The van der Waals surface area contributed by atoms with Gasteiger partial charge in [0.25, 0.3) is 0 Å². The second kappa shape index (κ2) is 8.31. The summed E-state index contributed by atoms with van der Waals surface area (Å²) < 4.78 is 4.68. The first kappa shape index (κ1) is 17.7. The van der Waals surface area contributed by atoms with Crippen LogP contribution in [0.25, 0.3) is 10.9 Å². The molecule has 2 aromatic carbocycles. The predicted octanol–water partition coefficient (Wildman–Crippen LogP) is 2.73. The number of ether oxygens (including phenoxy) is 1. The van der Waals surface area contributed by atoms with Crippen molar-refractivity contribution >= 4 is 28.5 Å². The van der Waals surface area contributed by atoms with E-state index in [0.717, 1.165) is 11.9 Å². The highest BCUT2D eigenvalue weighted by atomic mass is 16.5. The van der Waals surface area contributed by atoms with Crippen LogP contribution in [-0.2, 0) is 16.0 Å². The highest BCUT2D eigenvalue weighted by Gasteiger charge is 2.08. The van der Waals surface area contributed by atoms with Crippen molar-refractivity contribution in [2.75, 3.05) is 25.5 Å². The van der Waals surface area contributed by atoms with Crippen molar-refractivity contribution in [2.24, 2.45) is 0 Å². The molecule has 0 unspecified atom stereocenters. The number of H-pyrrole nitrogens is 1. The number of carbonyl (C=O) groups excluding carboxylic acids is 2. The third-order valence-corrected chi connectivity index (χ3v) is 4.10. The van der Waals surface area contributed by atoms with Crippen LogP contribution in [0.3, 0.4) is 0 Å². The number of benzene rings is 2. The number of aromatic nitrogens is 1. The summed E-state index contributed by atoms with van der Waals surface area (Å²) in [6.07, 6.45) is 2.83. The zero-order valence-corrected chi connectivity index (χ0v) is 14.5. The summed E-state index contributed by atoms with van der Waals surface area (Å²) in [4.78, 5) is 26.8. The molecule has 134 valence electrons. The van der Waals surface area contributed by atoms with Crippen molar-refractivity contribution in [1.82, 2.24) is 10.3 Å². The Kier molecular flexibility index (Phi) is 5.66. The minimum Gasteiger partial charge on any atom is -0.465 e. The SMILES string of the molecule is COC(=O)c1cccc(NC(=O)CNCCc2c[nH]c3ccccc23)c1. The van der Waals surface area contributed by atoms with Gasteiger partial charge in [-0.2, -0.15) is 0 Å². The quantitative estimate of drug-likeness (QED) is 0.451. The zero-order chi connectivity index (χ0) is 18.4. The molecule has 6 heteroatoms. The van der Waals surface area contributed by atoms with Crippen molar-refractivity contribution in [3.63, 3.8) is 0 Å². The summed E-state index contributed by atoms with van der Waals surface area (Å²) in [5.74, 6) is -0.594. The number of hydrogen-bond donors (Lipinski definition) is 3. The van der Waals surface area contributed by atoms with Gasteiger partial charge in [-0.05, 0) is 42.8 Å². The second-order valence-corrected chi connectivity index (χ2v) is 5.91. The number of carbonyl (C=O) groups is 2. The summed E-state index contributed by atoms with van der Waals surface area (Å²) in [5, 5.41) is 7.12. The monoisotopic (exact) mass is 351 g/mol. The normalized spacial score (nSPS) is 10.7. The molecule has 0 aliphatic carbocycles. The maximum atomic E-state index is 12.0. The van der Waals surface area contributed by atoms with Crippen LogP contribution in [0.4, 0.5) is 5.69 Å². The number of hydrogen-bond acceptors (Lipinski definition) is 4. The van der Waals surface area contributed by atoms with Crippen molar-refractivity contribution in [3.8, 4) is 0 Å². The van der Waals surface area contributed by atoms with Crippen molar-refractivity contribution in [2.45, 2.75) is 6.42 Å². The maximum Gasteiger partial charge on any atom is 0.337 e. The van der Waals surface area contributed by atoms with Gasteiger partial charge in [-0.1, -0.05) is 24.3 Å². The molecule has 3 rings (SSSR count). The smallest absolute Gasteiger partial charge is 0.337 e. The van der Waals surface area contributed by atoms with Crippen LogP contribution in [0.15, 0.2) is 54.7 Å². The molecule has 3 N–H and O–H groups in total. The summed E-state index contributed by atoms with van der Waals surface area (Å²) in [6, 6.07) is 14.8. The van der Waals surface area contributed by atoms with Gasteiger partial charge in [-0.25, -0.2) is 4.79 Å². The Morgan fingerprint density at radius 1 is 1.12 bits per heavy atom. The fraction of sp³-hybridized carbons (Fsp3) is 0.200. The highest BCUT2D eigenvalue weighted by Crippen LogP contribution is 2.17. The lowest BCUT2D eigenvalue weighted by molar-refractivity contribution is -0.115. The molecule has 1 aromatic heterocycles. The van der Waals surface area contributed by atoms with Gasteiger partial charge in [0, 0.05) is 22.8 Å². The van der Waals surface area contributed by atoms with E-state index in [9.17, 15) is 9.59 Å². The average Bonchev–Trinajstić information content (AvgIpc) is 3.08. The highest BCUT2D eigenvalue weighted by molar-refractivity contribution is 5.95. The van der Waals surface area contributed by atoms with E-state index in [0.29, 0.717) is 17.8 Å². The molecule has 3 aromatic rings. The molecule has 1 heterocycles. The predicted molar refractivity (Wildman–Crippen MR) is 101 cm³/mol. The van der Waals surface area contributed by atoms with Crippen LogP contribution in [0, 0.1) is 0 Å². The van der Waals surface area contributed by atoms with E-state index in [-0.39, 0.29) is 12.5 Å². The standard InChI is InChI=1S/C20H21N3O3/c1-26-20(25)14-5-4-6-16(11-14)23-19(24)13-21-10-9-15-12-22-18-8-3-2-7-17(15)18/h2-8,11-12,21-22H,9-10,13H2,1H3,(H,23,24). The van der Waals surface area contributed by atoms with Gasteiger partial charge >= 0.3 is 5.97 Å². The number of aromatic amines is 1. The number of para-hydroxylation sites is 1. The summed E-state index contributed by atoms with van der Waals surface area (Å²) >= 11 is 0. The molecule has 0 saturated carbocycles. The number of rotatable bonds is 7. The second-order valence-electron chi connectivity index (χ2n) is 5.91. The number of esters is 1. The Labute approximate surface area is 151 Å². The van der Waals surface area contributed by atoms with E-state index < -0.39 is 5.97 Å².